The normalized spacial score (nSPS) is 11.5. The Hall–Kier alpha value is -0.300. The van der Waals surface area contributed by atoms with Crippen molar-refractivity contribution < 1.29 is 42.7 Å². The van der Waals surface area contributed by atoms with Gasteiger partial charge < -0.3 is 5.21 Å². The average Bonchev–Trinajstić information content (AvgIpc) is 2.07. The van der Waals surface area contributed by atoms with Gasteiger partial charge in [0.1, 0.15) is 5.69 Å². The Balaban J connectivity index is 0.00000196. The van der Waals surface area contributed by atoms with Gasteiger partial charge in [0.25, 0.3) is 0 Å². The smallest absolute Gasteiger partial charge is 0.775 e. The predicted molar refractivity (Wildman–Crippen MR) is 44.3 cm³/mol. The second-order valence-electron chi connectivity index (χ2n) is 2.35. The summed E-state index contributed by atoms with van der Waals surface area (Å²) in [4.78, 5) is 0. The van der Waals surface area contributed by atoms with Crippen LogP contribution in [0, 0.1) is 5.21 Å². The summed E-state index contributed by atoms with van der Waals surface area (Å²) in [7, 11) is 0. The van der Waals surface area contributed by atoms with E-state index in [2.05, 4.69) is 10.4 Å². The van der Waals surface area contributed by atoms with Gasteiger partial charge in [-0.1, -0.05) is 11.6 Å². The van der Waals surface area contributed by atoms with E-state index in [1.807, 2.05) is 0 Å². The number of hydrogen-bond acceptors (Lipinski definition) is 3. The molecule has 0 atom stereocenters. The molecule has 15 heavy (non-hydrogen) atoms. The van der Waals surface area contributed by atoms with Crippen LogP contribution in [0.3, 0.4) is 0 Å². The summed E-state index contributed by atoms with van der Waals surface area (Å²) in [6.07, 6.45) is -4.49. The van der Waals surface area contributed by atoms with Gasteiger partial charge in [0.2, 0.25) is 0 Å². The first-order valence-electron chi connectivity index (χ1n) is 3.35. The summed E-state index contributed by atoms with van der Waals surface area (Å²) < 4.78 is 36.4. The van der Waals surface area contributed by atoms with E-state index in [1.165, 1.54) is 0 Å². The van der Waals surface area contributed by atoms with Gasteiger partial charge in [-0.05, 0) is 18.2 Å². The predicted octanol–water partition coefficient (Wildman–Crippen LogP) is 0.944. The molecule has 0 aliphatic heterocycles. The van der Waals surface area contributed by atoms with Crippen molar-refractivity contribution in [2.75, 3.05) is 0 Å². The largest absolute Gasteiger partial charge is 1.00 e. The molecule has 0 saturated carbocycles. The monoisotopic (exact) mass is 246 g/mol. The third-order valence-electron chi connectivity index (χ3n) is 1.42. The molecule has 0 aliphatic carbocycles. The van der Waals surface area contributed by atoms with Crippen molar-refractivity contribution in [2.45, 2.75) is 6.18 Å². The van der Waals surface area contributed by atoms with E-state index in [-0.39, 0.29) is 40.3 Å². The van der Waals surface area contributed by atoms with E-state index in [4.69, 9.17) is 11.6 Å². The van der Waals surface area contributed by atoms with Crippen LogP contribution in [0.2, 0.25) is 5.02 Å². The van der Waals surface area contributed by atoms with Gasteiger partial charge in [-0.25, -0.2) is 5.28 Å². The van der Waals surface area contributed by atoms with Crippen LogP contribution in [0.4, 0.5) is 18.9 Å². The SMILES string of the molecule is [Na+].[O-]N=Nc1cc(C(F)(F)F)ccc1Cl. The number of hydrogen-bond donors (Lipinski definition) is 0. The average molecular weight is 247 g/mol. The molecule has 1 aromatic rings. The Bertz CT molecular complexity index is 370. The van der Waals surface area contributed by atoms with Gasteiger partial charge in [-0.3, -0.25) is 0 Å². The van der Waals surface area contributed by atoms with Crippen molar-refractivity contribution >= 4 is 17.3 Å². The molecule has 76 valence electrons. The summed E-state index contributed by atoms with van der Waals surface area (Å²) in [5.41, 5.74) is -1.22. The molecule has 0 bridgehead atoms. The summed E-state index contributed by atoms with van der Waals surface area (Å²) >= 11 is 5.47. The Morgan fingerprint density at radius 1 is 1.27 bits per heavy atom. The molecule has 1 aromatic carbocycles. The van der Waals surface area contributed by atoms with Crippen LogP contribution in [0.25, 0.3) is 0 Å². The fourth-order valence-electron chi connectivity index (χ4n) is 0.810. The van der Waals surface area contributed by atoms with Gasteiger partial charge in [0, 0.05) is 0 Å². The fraction of sp³-hybridized carbons (Fsp3) is 0.143. The second kappa shape index (κ2) is 5.69. The van der Waals surface area contributed by atoms with Crippen molar-refractivity contribution in [1.82, 2.24) is 0 Å². The molecule has 0 heterocycles. The molecule has 0 radical (unpaired) electrons. The van der Waals surface area contributed by atoms with E-state index >= 15 is 0 Å². The maximum absolute atomic E-state index is 12.1. The molecule has 0 aromatic heterocycles. The third-order valence-corrected chi connectivity index (χ3v) is 1.74. The summed E-state index contributed by atoms with van der Waals surface area (Å²) in [5, 5.41) is 14.7. The van der Waals surface area contributed by atoms with Gasteiger partial charge in [0.15, 0.2) is 0 Å². The molecule has 0 amide bonds. The Morgan fingerprint density at radius 3 is 2.33 bits per heavy atom. The third kappa shape index (κ3) is 3.98. The number of rotatable bonds is 1. The standard InChI is InChI=1S/C7H4ClF3N2O.Na/c8-5-2-1-4(7(9,10)11)3-6(5)12-13-14;/h1-3H,(H,12,14);/q;+1/p-1. The van der Waals surface area contributed by atoms with E-state index in [0.717, 1.165) is 12.1 Å². The van der Waals surface area contributed by atoms with E-state index in [9.17, 15) is 18.4 Å². The van der Waals surface area contributed by atoms with Crippen LogP contribution in [0.15, 0.2) is 28.6 Å². The second-order valence-corrected chi connectivity index (χ2v) is 2.75. The minimum absolute atomic E-state index is 0. The summed E-state index contributed by atoms with van der Waals surface area (Å²) in [5.74, 6) is 0. The number of benzene rings is 1. The molecule has 0 unspecified atom stereocenters. The number of nitrogens with zero attached hydrogens (tertiary/aromatic N) is 2. The first-order valence-corrected chi connectivity index (χ1v) is 3.73. The Morgan fingerprint density at radius 2 is 1.87 bits per heavy atom. The zero-order chi connectivity index (χ0) is 10.8. The molecule has 0 spiro atoms. The van der Waals surface area contributed by atoms with Crippen LogP contribution in [-0.2, 0) is 6.18 Å². The first-order chi connectivity index (χ1) is 6.45. The van der Waals surface area contributed by atoms with Crippen molar-refractivity contribution in [3.05, 3.63) is 34.0 Å². The summed E-state index contributed by atoms with van der Waals surface area (Å²) in [6, 6.07) is 2.46. The van der Waals surface area contributed by atoms with E-state index in [0.29, 0.717) is 6.07 Å². The maximum Gasteiger partial charge on any atom is 1.00 e. The van der Waals surface area contributed by atoms with Gasteiger partial charge >= 0.3 is 35.7 Å². The first kappa shape index (κ1) is 14.7. The topological polar surface area (TPSA) is 47.8 Å². The van der Waals surface area contributed by atoms with Crippen molar-refractivity contribution in [3.63, 3.8) is 0 Å². The van der Waals surface area contributed by atoms with Crippen LogP contribution >= 0.6 is 11.6 Å². The fourth-order valence-corrected chi connectivity index (χ4v) is 0.965. The molecule has 0 N–H and O–H groups in total. The molecule has 1 rings (SSSR count). The minimum atomic E-state index is -4.49. The van der Waals surface area contributed by atoms with Crippen LogP contribution in [-0.4, -0.2) is 0 Å². The number of alkyl halides is 3. The van der Waals surface area contributed by atoms with E-state index < -0.39 is 11.7 Å². The molecule has 8 heteroatoms. The van der Waals surface area contributed by atoms with Crippen LogP contribution in [0.5, 0.6) is 0 Å². The number of halogens is 4. The maximum atomic E-state index is 12.1. The molecule has 0 fully saturated rings. The quantitative estimate of drug-likeness (QED) is 0.413. The molecular weight excluding hydrogens is 244 g/mol. The van der Waals surface area contributed by atoms with E-state index in [1.54, 1.807) is 0 Å². The van der Waals surface area contributed by atoms with Crippen molar-refractivity contribution in [1.29, 1.82) is 0 Å². The summed E-state index contributed by atoms with van der Waals surface area (Å²) in [6.45, 7) is 0. The Labute approximate surface area is 110 Å². The Kier molecular flexibility index (Phi) is 5.58. The van der Waals surface area contributed by atoms with Crippen molar-refractivity contribution in [2.24, 2.45) is 10.4 Å². The molecular formula is C7H3ClF3N2NaO. The van der Waals surface area contributed by atoms with Gasteiger partial charge in [-0.15, -0.1) is 0 Å². The van der Waals surface area contributed by atoms with Gasteiger partial charge in [-0.2, -0.15) is 18.3 Å². The molecule has 3 nitrogen and oxygen atoms in total. The molecule has 0 saturated heterocycles. The van der Waals surface area contributed by atoms with Gasteiger partial charge in [0.05, 0.1) is 10.6 Å². The molecule has 0 aliphatic rings. The van der Waals surface area contributed by atoms with Crippen molar-refractivity contribution in [3.8, 4) is 0 Å². The minimum Gasteiger partial charge on any atom is -0.775 e. The van der Waals surface area contributed by atoms with Crippen LogP contribution < -0.4 is 29.6 Å². The zero-order valence-electron chi connectivity index (χ0n) is 7.55. The zero-order valence-corrected chi connectivity index (χ0v) is 10.3. The van der Waals surface area contributed by atoms with Crippen LogP contribution in [0.1, 0.15) is 5.56 Å².